The van der Waals surface area contributed by atoms with Gasteiger partial charge in [0, 0.05) is 18.3 Å². The minimum atomic E-state index is -0.920. The first kappa shape index (κ1) is 16.1. The zero-order valence-electron chi connectivity index (χ0n) is 11.4. The maximum Gasteiger partial charge on any atom is 0.104 e. The van der Waals surface area contributed by atoms with Crippen molar-refractivity contribution in [3.63, 3.8) is 0 Å². The van der Waals surface area contributed by atoms with Gasteiger partial charge < -0.3 is 15.5 Å². The van der Waals surface area contributed by atoms with Crippen molar-refractivity contribution in [2.24, 2.45) is 0 Å². The minimum Gasteiger partial charge on any atom is -0.393 e. The smallest absolute Gasteiger partial charge is 0.104 e. The first-order valence-corrected chi connectivity index (χ1v) is 6.94. The van der Waals surface area contributed by atoms with Crippen LogP contribution in [0.5, 0.6) is 0 Å². The number of aromatic nitrogens is 1. The maximum absolute atomic E-state index is 9.48. The lowest BCUT2D eigenvalue weighted by Crippen LogP contribution is -2.20. The Hall–Kier alpha value is -0.940. The number of pyridine rings is 1. The van der Waals surface area contributed by atoms with Crippen LogP contribution in [-0.4, -0.2) is 34.9 Å². The molecule has 0 fully saturated rings. The third-order valence-corrected chi connectivity index (χ3v) is 3.08. The second kappa shape index (κ2) is 8.27. The number of hydrogen-bond donors (Lipinski definition) is 3. The zero-order valence-corrected chi connectivity index (χ0v) is 12.1. The van der Waals surface area contributed by atoms with E-state index in [9.17, 15) is 5.11 Å². The van der Waals surface area contributed by atoms with Gasteiger partial charge >= 0.3 is 0 Å². The summed E-state index contributed by atoms with van der Waals surface area (Å²) in [5, 5.41) is 22.1. The third-order valence-electron chi connectivity index (χ3n) is 2.79. The molecular weight excluding hydrogens is 264 g/mol. The number of nitrogens with one attached hydrogen (secondary N) is 1. The van der Waals surface area contributed by atoms with Crippen LogP contribution in [0.25, 0.3) is 5.57 Å². The number of hydrogen-bond acceptors (Lipinski definition) is 4. The van der Waals surface area contributed by atoms with Gasteiger partial charge in [0.25, 0.3) is 0 Å². The van der Waals surface area contributed by atoms with E-state index in [0.717, 1.165) is 30.8 Å². The van der Waals surface area contributed by atoms with Crippen LogP contribution in [0.15, 0.2) is 18.3 Å². The molecule has 0 radical (unpaired) electrons. The predicted molar refractivity (Wildman–Crippen MR) is 78.1 cm³/mol. The number of halogens is 1. The lowest BCUT2D eigenvalue weighted by molar-refractivity contribution is 0.0953. The molecule has 4 nitrogen and oxygen atoms in total. The van der Waals surface area contributed by atoms with Crippen molar-refractivity contribution in [1.29, 1.82) is 0 Å². The zero-order chi connectivity index (χ0) is 14.3. The van der Waals surface area contributed by atoms with Crippen molar-refractivity contribution in [3.05, 3.63) is 34.6 Å². The van der Waals surface area contributed by atoms with Gasteiger partial charge in [-0.2, -0.15) is 0 Å². The van der Waals surface area contributed by atoms with Gasteiger partial charge in [-0.15, -0.1) is 0 Å². The second-order valence-electron chi connectivity index (χ2n) is 3.98. The van der Waals surface area contributed by atoms with Crippen LogP contribution in [0.2, 0.25) is 5.02 Å². The Bertz CT molecular complexity index is 435. The van der Waals surface area contributed by atoms with Gasteiger partial charge in [-0.25, -0.2) is 0 Å². The van der Waals surface area contributed by atoms with Gasteiger partial charge in [0.1, 0.15) is 6.10 Å². The SMILES string of the molecule is CC.OC[C@@H](O)c1cnc(C2=CCNCC2)c(Cl)c1. The fourth-order valence-electron chi connectivity index (χ4n) is 1.81. The summed E-state index contributed by atoms with van der Waals surface area (Å²) in [6, 6.07) is 1.66. The summed E-state index contributed by atoms with van der Waals surface area (Å²) >= 11 is 6.15. The summed E-state index contributed by atoms with van der Waals surface area (Å²) in [5.41, 5.74) is 2.43. The molecule has 0 saturated carbocycles. The van der Waals surface area contributed by atoms with Crippen LogP contribution in [0.4, 0.5) is 0 Å². The molecule has 0 saturated heterocycles. The van der Waals surface area contributed by atoms with Crippen molar-refractivity contribution in [2.75, 3.05) is 19.7 Å². The Labute approximate surface area is 119 Å². The Balaban J connectivity index is 0.000000861. The van der Waals surface area contributed by atoms with Crippen molar-refractivity contribution in [2.45, 2.75) is 26.4 Å². The summed E-state index contributed by atoms with van der Waals surface area (Å²) in [6.07, 6.45) is 3.61. The molecule has 0 unspecified atom stereocenters. The molecule has 2 heterocycles. The molecule has 1 aromatic heterocycles. The topological polar surface area (TPSA) is 65.4 Å². The van der Waals surface area contributed by atoms with Crippen LogP contribution in [-0.2, 0) is 0 Å². The summed E-state index contributed by atoms with van der Waals surface area (Å²) in [6.45, 7) is 5.42. The van der Waals surface area contributed by atoms with Gasteiger partial charge in [0.15, 0.2) is 0 Å². The van der Waals surface area contributed by atoms with Gasteiger partial charge in [-0.1, -0.05) is 31.5 Å². The standard InChI is InChI=1S/C12H15ClN2O2.C2H6/c13-10-5-9(11(17)7-16)6-15-12(10)8-1-3-14-4-2-8;1-2/h1,5-6,11,14,16-17H,2-4,7H2;1-2H3/t11-;/m1./s1. The van der Waals surface area contributed by atoms with Crippen molar-refractivity contribution in [1.82, 2.24) is 10.3 Å². The van der Waals surface area contributed by atoms with Crippen molar-refractivity contribution >= 4 is 17.2 Å². The predicted octanol–water partition coefficient (Wildman–Crippen LogP) is 2.16. The Morgan fingerprint density at radius 1 is 1.47 bits per heavy atom. The van der Waals surface area contributed by atoms with E-state index in [0.29, 0.717) is 10.6 Å². The Kier molecular flexibility index (Phi) is 7.02. The molecule has 106 valence electrons. The van der Waals surface area contributed by atoms with E-state index >= 15 is 0 Å². The highest BCUT2D eigenvalue weighted by molar-refractivity contribution is 6.32. The van der Waals surface area contributed by atoms with Crippen LogP contribution in [0.1, 0.15) is 37.6 Å². The largest absolute Gasteiger partial charge is 0.393 e. The molecule has 1 aliphatic heterocycles. The molecule has 1 atom stereocenters. The summed E-state index contributed by atoms with van der Waals surface area (Å²) in [5.74, 6) is 0. The molecule has 1 aromatic rings. The fraction of sp³-hybridized carbons (Fsp3) is 0.500. The number of aliphatic hydroxyl groups is 2. The number of nitrogens with zero attached hydrogens (tertiary/aromatic N) is 1. The molecule has 0 bridgehead atoms. The van der Waals surface area contributed by atoms with E-state index < -0.39 is 6.10 Å². The summed E-state index contributed by atoms with van der Waals surface area (Å²) < 4.78 is 0. The van der Waals surface area contributed by atoms with E-state index in [4.69, 9.17) is 16.7 Å². The van der Waals surface area contributed by atoms with Gasteiger partial charge in [0.2, 0.25) is 0 Å². The molecule has 2 rings (SSSR count). The molecule has 0 aromatic carbocycles. The Morgan fingerprint density at radius 2 is 2.21 bits per heavy atom. The first-order valence-electron chi connectivity index (χ1n) is 6.57. The van der Waals surface area contributed by atoms with E-state index in [2.05, 4.69) is 16.4 Å². The average Bonchev–Trinajstić information content (AvgIpc) is 2.49. The lowest BCUT2D eigenvalue weighted by Gasteiger charge is -2.15. The molecule has 0 amide bonds. The van der Waals surface area contributed by atoms with Gasteiger partial charge in [0.05, 0.1) is 17.3 Å². The molecule has 5 heteroatoms. The van der Waals surface area contributed by atoms with Crippen molar-refractivity contribution < 1.29 is 10.2 Å². The average molecular weight is 285 g/mol. The van der Waals surface area contributed by atoms with Crippen molar-refractivity contribution in [3.8, 4) is 0 Å². The molecule has 1 aliphatic rings. The summed E-state index contributed by atoms with van der Waals surface area (Å²) in [4.78, 5) is 4.27. The molecular formula is C14H21ClN2O2. The highest BCUT2D eigenvalue weighted by Crippen LogP contribution is 2.27. The van der Waals surface area contributed by atoms with E-state index in [-0.39, 0.29) is 6.61 Å². The number of aliphatic hydroxyl groups excluding tert-OH is 2. The highest BCUT2D eigenvalue weighted by atomic mass is 35.5. The maximum atomic E-state index is 9.48. The monoisotopic (exact) mass is 284 g/mol. The van der Waals surface area contributed by atoms with E-state index in [1.54, 1.807) is 12.3 Å². The summed E-state index contributed by atoms with van der Waals surface area (Å²) in [7, 11) is 0. The molecule has 19 heavy (non-hydrogen) atoms. The third kappa shape index (κ3) is 4.28. The lowest BCUT2D eigenvalue weighted by atomic mass is 10.0. The first-order chi connectivity index (χ1) is 9.22. The van der Waals surface area contributed by atoms with Gasteiger partial charge in [-0.05, 0) is 24.6 Å². The quantitative estimate of drug-likeness (QED) is 0.796. The van der Waals surface area contributed by atoms with Crippen LogP contribution >= 0.6 is 11.6 Å². The van der Waals surface area contributed by atoms with Gasteiger partial charge in [-0.3, -0.25) is 4.98 Å². The van der Waals surface area contributed by atoms with E-state index in [1.165, 1.54) is 0 Å². The van der Waals surface area contributed by atoms with Crippen LogP contribution < -0.4 is 5.32 Å². The molecule has 3 N–H and O–H groups in total. The van der Waals surface area contributed by atoms with E-state index in [1.807, 2.05) is 13.8 Å². The fourth-order valence-corrected chi connectivity index (χ4v) is 2.11. The molecule has 0 spiro atoms. The second-order valence-corrected chi connectivity index (χ2v) is 4.39. The number of rotatable bonds is 3. The minimum absolute atomic E-state index is 0.329. The van der Waals surface area contributed by atoms with Crippen LogP contribution in [0, 0.1) is 0 Å². The Morgan fingerprint density at radius 3 is 2.74 bits per heavy atom. The highest BCUT2D eigenvalue weighted by Gasteiger charge is 2.14. The van der Waals surface area contributed by atoms with Crippen LogP contribution in [0.3, 0.4) is 0 Å². The normalized spacial score (nSPS) is 16.2. The molecule has 0 aliphatic carbocycles.